The van der Waals surface area contributed by atoms with Gasteiger partial charge < -0.3 is 9.26 Å². The van der Waals surface area contributed by atoms with Crippen LogP contribution in [0.1, 0.15) is 15.9 Å². The molecule has 0 saturated heterocycles. The average Bonchev–Trinajstić information content (AvgIpc) is 2.71. The van der Waals surface area contributed by atoms with Gasteiger partial charge in [0.05, 0.1) is 5.56 Å². The number of ether oxygens (including phenoxy) is 1. The van der Waals surface area contributed by atoms with Crippen molar-refractivity contribution in [1.82, 2.24) is 5.16 Å². The van der Waals surface area contributed by atoms with Crippen LogP contribution in [-0.2, 0) is 0 Å². The van der Waals surface area contributed by atoms with E-state index >= 15 is 0 Å². The molecule has 1 aromatic heterocycles. The first kappa shape index (κ1) is 9.45. The van der Waals surface area contributed by atoms with Crippen molar-refractivity contribution in [3.8, 4) is 5.88 Å². The minimum absolute atomic E-state index is 0.170. The Morgan fingerprint density at radius 1 is 1.33 bits per heavy atom. The Labute approximate surface area is 86.5 Å². The van der Waals surface area contributed by atoms with E-state index in [4.69, 9.17) is 4.74 Å². The van der Waals surface area contributed by atoms with Gasteiger partial charge in [-0.3, -0.25) is 0 Å². The van der Waals surface area contributed by atoms with Crippen molar-refractivity contribution >= 4 is 5.97 Å². The van der Waals surface area contributed by atoms with Crippen LogP contribution in [0.15, 0.2) is 41.1 Å². The van der Waals surface area contributed by atoms with Crippen molar-refractivity contribution in [3.63, 3.8) is 0 Å². The fourth-order valence-electron chi connectivity index (χ4n) is 1.21. The third-order valence-electron chi connectivity index (χ3n) is 1.98. The van der Waals surface area contributed by atoms with Crippen LogP contribution >= 0.6 is 0 Å². The molecule has 0 bridgehead atoms. The third-order valence-corrected chi connectivity index (χ3v) is 1.98. The second-order valence-corrected chi connectivity index (χ2v) is 3.04. The third kappa shape index (κ3) is 2.04. The molecule has 1 aromatic carbocycles. The molecule has 15 heavy (non-hydrogen) atoms. The number of aromatic nitrogens is 1. The molecular formula is C11H9NO3. The van der Waals surface area contributed by atoms with Gasteiger partial charge >= 0.3 is 5.97 Å². The van der Waals surface area contributed by atoms with Gasteiger partial charge in [-0.2, -0.15) is 0 Å². The van der Waals surface area contributed by atoms with Crippen LogP contribution in [0.3, 0.4) is 0 Å². The maximum Gasteiger partial charge on any atom is 0.345 e. The maximum atomic E-state index is 11.6. The first-order chi connectivity index (χ1) is 7.27. The van der Waals surface area contributed by atoms with Crippen molar-refractivity contribution in [2.45, 2.75) is 6.92 Å². The molecule has 0 aliphatic carbocycles. The van der Waals surface area contributed by atoms with Crippen molar-refractivity contribution < 1.29 is 14.1 Å². The van der Waals surface area contributed by atoms with Gasteiger partial charge in [0.2, 0.25) is 0 Å². The second-order valence-electron chi connectivity index (χ2n) is 3.04. The Morgan fingerprint density at radius 3 is 2.80 bits per heavy atom. The van der Waals surface area contributed by atoms with Crippen molar-refractivity contribution in [2.75, 3.05) is 0 Å². The van der Waals surface area contributed by atoms with Gasteiger partial charge in [0.15, 0.2) is 0 Å². The molecule has 76 valence electrons. The van der Waals surface area contributed by atoms with Crippen LogP contribution in [0.25, 0.3) is 0 Å². The van der Waals surface area contributed by atoms with Crippen molar-refractivity contribution in [3.05, 3.63) is 47.7 Å². The Kier molecular flexibility index (Phi) is 2.49. The lowest BCUT2D eigenvalue weighted by Crippen LogP contribution is -2.10. The molecule has 0 spiro atoms. The number of rotatable bonds is 2. The highest BCUT2D eigenvalue weighted by Gasteiger charge is 2.11. The van der Waals surface area contributed by atoms with E-state index in [2.05, 4.69) is 9.68 Å². The molecule has 0 amide bonds. The van der Waals surface area contributed by atoms with Gasteiger partial charge in [-0.15, -0.1) is 0 Å². The Morgan fingerprint density at radius 2 is 2.13 bits per heavy atom. The van der Waals surface area contributed by atoms with E-state index in [-0.39, 0.29) is 5.88 Å². The lowest BCUT2D eigenvalue weighted by atomic mass is 10.1. The fourth-order valence-corrected chi connectivity index (χ4v) is 1.21. The number of esters is 1. The number of carbonyl (C=O) groups excluding carboxylic acids is 1. The topological polar surface area (TPSA) is 52.3 Å². The van der Waals surface area contributed by atoms with Gasteiger partial charge in [-0.1, -0.05) is 18.2 Å². The molecule has 0 radical (unpaired) electrons. The zero-order chi connectivity index (χ0) is 10.7. The standard InChI is InChI=1S/C11H9NO3/c1-8-4-2-3-5-9(8)11(13)15-10-6-7-14-12-10/h2-7H,1H3. The Balaban J connectivity index is 2.19. The summed E-state index contributed by atoms with van der Waals surface area (Å²) in [6.07, 6.45) is 1.35. The molecule has 0 fully saturated rings. The first-order valence-corrected chi connectivity index (χ1v) is 4.45. The Hall–Kier alpha value is -2.10. The highest BCUT2D eigenvalue weighted by Crippen LogP contribution is 2.12. The summed E-state index contributed by atoms with van der Waals surface area (Å²) in [6.45, 7) is 1.85. The molecule has 0 aliphatic heterocycles. The molecule has 4 heteroatoms. The summed E-state index contributed by atoms with van der Waals surface area (Å²) in [7, 11) is 0. The average molecular weight is 203 g/mol. The monoisotopic (exact) mass is 203 g/mol. The molecule has 0 N–H and O–H groups in total. The molecule has 1 heterocycles. The smallest absolute Gasteiger partial charge is 0.345 e. The zero-order valence-corrected chi connectivity index (χ0v) is 8.14. The first-order valence-electron chi connectivity index (χ1n) is 4.45. The summed E-state index contributed by atoms with van der Waals surface area (Å²) in [5, 5.41) is 3.49. The summed E-state index contributed by atoms with van der Waals surface area (Å²) in [4.78, 5) is 11.6. The number of aryl methyl sites for hydroxylation is 1. The summed E-state index contributed by atoms with van der Waals surface area (Å²) < 4.78 is 9.53. The van der Waals surface area contributed by atoms with E-state index in [1.165, 1.54) is 12.3 Å². The van der Waals surface area contributed by atoms with E-state index in [9.17, 15) is 4.79 Å². The predicted molar refractivity (Wildman–Crippen MR) is 52.6 cm³/mol. The predicted octanol–water partition coefficient (Wildman–Crippen LogP) is 2.20. The van der Waals surface area contributed by atoms with E-state index in [1.54, 1.807) is 12.1 Å². The van der Waals surface area contributed by atoms with Crippen LogP contribution in [0, 0.1) is 6.92 Å². The van der Waals surface area contributed by atoms with E-state index in [1.807, 2.05) is 19.1 Å². The molecular weight excluding hydrogens is 194 g/mol. The van der Waals surface area contributed by atoms with Gasteiger partial charge in [0, 0.05) is 6.07 Å². The van der Waals surface area contributed by atoms with E-state index < -0.39 is 5.97 Å². The van der Waals surface area contributed by atoms with Gasteiger partial charge in [0.25, 0.3) is 5.88 Å². The van der Waals surface area contributed by atoms with Crippen LogP contribution in [-0.4, -0.2) is 11.1 Å². The molecule has 2 rings (SSSR count). The molecule has 4 nitrogen and oxygen atoms in total. The van der Waals surface area contributed by atoms with Gasteiger partial charge in [0.1, 0.15) is 6.26 Å². The normalized spacial score (nSPS) is 9.93. The summed E-state index contributed by atoms with van der Waals surface area (Å²) in [5.41, 5.74) is 1.39. The second kappa shape index (κ2) is 3.96. The summed E-state index contributed by atoms with van der Waals surface area (Å²) in [5.74, 6) is -0.259. The van der Waals surface area contributed by atoms with E-state index in [0.29, 0.717) is 5.56 Å². The van der Waals surface area contributed by atoms with Crippen molar-refractivity contribution in [1.29, 1.82) is 0 Å². The number of hydrogen-bond donors (Lipinski definition) is 0. The zero-order valence-electron chi connectivity index (χ0n) is 8.14. The minimum atomic E-state index is -0.429. The van der Waals surface area contributed by atoms with Crippen LogP contribution in [0.5, 0.6) is 5.88 Å². The van der Waals surface area contributed by atoms with Gasteiger partial charge in [-0.05, 0) is 23.7 Å². The fraction of sp³-hybridized carbons (Fsp3) is 0.0909. The number of nitrogens with zero attached hydrogens (tertiary/aromatic N) is 1. The lowest BCUT2D eigenvalue weighted by Gasteiger charge is -2.02. The Bertz CT molecular complexity index is 462. The maximum absolute atomic E-state index is 11.6. The molecule has 2 aromatic rings. The summed E-state index contributed by atoms with van der Waals surface area (Å²) in [6, 6.07) is 8.68. The minimum Gasteiger partial charge on any atom is -0.400 e. The summed E-state index contributed by atoms with van der Waals surface area (Å²) >= 11 is 0. The van der Waals surface area contributed by atoms with Crippen LogP contribution in [0.4, 0.5) is 0 Å². The number of benzene rings is 1. The molecule has 0 saturated carbocycles. The quantitative estimate of drug-likeness (QED) is 0.702. The van der Waals surface area contributed by atoms with Crippen molar-refractivity contribution in [2.24, 2.45) is 0 Å². The van der Waals surface area contributed by atoms with E-state index in [0.717, 1.165) is 5.56 Å². The highest BCUT2D eigenvalue weighted by atomic mass is 16.6. The van der Waals surface area contributed by atoms with Crippen LogP contribution in [0.2, 0.25) is 0 Å². The number of carbonyl (C=O) groups is 1. The highest BCUT2D eigenvalue weighted by molar-refractivity contribution is 5.92. The molecule has 0 atom stereocenters. The molecule has 0 aliphatic rings. The van der Waals surface area contributed by atoms with Gasteiger partial charge in [-0.25, -0.2) is 4.79 Å². The largest absolute Gasteiger partial charge is 0.400 e. The number of hydrogen-bond acceptors (Lipinski definition) is 4. The molecule has 0 unspecified atom stereocenters. The SMILES string of the molecule is Cc1ccccc1C(=O)Oc1ccon1. The van der Waals surface area contributed by atoms with Crippen LogP contribution < -0.4 is 4.74 Å². The lowest BCUT2D eigenvalue weighted by molar-refractivity contribution is 0.0720.